The minimum atomic E-state index is -0.415. The van der Waals surface area contributed by atoms with E-state index in [4.69, 9.17) is 5.73 Å². The molecule has 1 heterocycles. The zero-order chi connectivity index (χ0) is 8.60. The van der Waals surface area contributed by atoms with E-state index in [1.807, 2.05) is 0 Å². The summed E-state index contributed by atoms with van der Waals surface area (Å²) in [7, 11) is 0. The van der Waals surface area contributed by atoms with Gasteiger partial charge in [0.2, 0.25) is 0 Å². The number of halogens is 1. The average Bonchev–Trinajstić information content (AvgIpc) is 2.02. The lowest BCUT2D eigenvalue weighted by Crippen LogP contribution is -2.44. The number of hydrogen-bond acceptors (Lipinski definition) is 3. The fraction of sp³-hybridized carbons (Fsp3) is 0.500. The van der Waals surface area contributed by atoms with Crippen LogP contribution in [0.1, 0.15) is 25.1 Å². The molecule has 12 heavy (non-hydrogen) atoms. The van der Waals surface area contributed by atoms with Gasteiger partial charge in [0.15, 0.2) is 5.82 Å². The maximum atomic E-state index is 12.4. The Morgan fingerprint density at radius 3 is 2.33 bits per heavy atom. The van der Waals surface area contributed by atoms with Gasteiger partial charge in [-0.25, -0.2) is 14.4 Å². The summed E-state index contributed by atoms with van der Waals surface area (Å²) in [5.74, 6) is 0.150. The second-order valence-electron chi connectivity index (χ2n) is 3.23. The number of rotatable bonds is 1. The van der Waals surface area contributed by atoms with Crippen LogP contribution in [-0.2, 0) is 5.54 Å². The fourth-order valence-corrected chi connectivity index (χ4v) is 1.35. The van der Waals surface area contributed by atoms with Crippen LogP contribution in [0.3, 0.4) is 0 Å². The highest BCUT2D eigenvalue weighted by molar-refractivity contribution is 5.09. The SMILES string of the molecule is NC1(c2ncc(F)cn2)CCC1. The van der Waals surface area contributed by atoms with Crippen LogP contribution in [0.2, 0.25) is 0 Å². The van der Waals surface area contributed by atoms with Crippen molar-refractivity contribution in [1.29, 1.82) is 0 Å². The summed E-state index contributed by atoms with van der Waals surface area (Å²) >= 11 is 0. The quantitative estimate of drug-likeness (QED) is 0.677. The molecule has 1 aliphatic rings. The van der Waals surface area contributed by atoms with Gasteiger partial charge in [-0.2, -0.15) is 0 Å². The highest BCUT2D eigenvalue weighted by Gasteiger charge is 2.36. The molecule has 0 unspecified atom stereocenters. The second kappa shape index (κ2) is 2.48. The molecule has 0 bridgehead atoms. The first-order valence-corrected chi connectivity index (χ1v) is 3.98. The molecule has 2 N–H and O–H groups in total. The molecular formula is C8H10FN3. The van der Waals surface area contributed by atoms with Crippen LogP contribution in [-0.4, -0.2) is 9.97 Å². The fourth-order valence-electron chi connectivity index (χ4n) is 1.35. The Morgan fingerprint density at radius 1 is 1.33 bits per heavy atom. The van der Waals surface area contributed by atoms with Crippen molar-refractivity contribution in [3.05, 3.63) is 24.0 Å². The van der Waals surface area contributed by atoms with Crippen LogP contribution in [0.4, 0.5) is 4.39 Å². The van der Waals surface area contributed by atoms with E-state index < -0.39 is 5.82 Å². The van der Waals surface area contributed by atoms with Gasteiger partial charge in [0, 0.05) is 0 Å². The maximum absolute atomic E-state index is 12.4. The van der Waals surface area contributed by atoms with Gasteiger partial charge in [-0.05, 0) is 19.3 Å². The van der Waals surface area contributed by atoms with Crippen LogP contribution in [0.25, 0.3) is 0 Å². The van der Waals surface area contributed by atoms with Crippen LogP contribution < -0.4 is 5.73 Å². The minimum Gasteiger partial charge on any atom is -0.319 e. The molecule has 1 aromatic heterocycles. The van der Waals surface area contributed by atoms with E-state index in [1.165, 1.54) is 0 Å². The van der Waals surface area contributed by atoms with Gasteiger partial charge in [-0.3, -0.25) is 0 Å². The van der Waals surface area contributed by atoms with Crippen molar-refractivity contribution >= 4 is 0 Å². The van der Waals surface area contributed by atoms with Crippen molar-refractivity contribution < 1.29 is 4.39 Å². The Labute approximate surface area is 69.8 Å². The highest BCUT2D eigenvalue weighted by atomic mass is 19.1. The van der Waals surface area contributed by atoms with Crippen LogP contribution in [0.5, 0.6) is 0 Å². The predicted octanol–water partition coefficient (Wildman–Crippen LogP) is 0.954. The molecule has 1 saturated carbocycles. The van der Waals surface area contributed by atoms with Gasteiger partial charge in [0.05, 0.1) is 17.9 Å². The highest BCUT2D eigenvalue weighted by Crippen LogP contribution is 2.36. The molecule has 3 nitrogen and oxygen atoms in total. The van der Waals surface area contributed by atoms with Gasteiger partial charge in [-0.1, -0.05) is 0 Å². The van der Waals surface area contributed by atoms with Crippen molar-refractivity contribution in [2.24, 2.45) is 5.73 Å². The average molecular weight is 167 g/mol. The van der Waals surface area contributed by atoms with Crippen molar-refractivity contribution in [3.8, 4) is 0 Å². The first-order valence-electron chi connectivity index (χ1n) is 3.98. The molecule has 64 valence electrons. The normalized spacial score (nSPS) is 20.2. The summed E-state index contributed by atoms with van der Waals surface area (Å²) in [6.45, 7) is 0. The molecule has 0 aliphatic heterocycles. The van der Waals surface area contributed by atoms with E-state index in [-0.39, 0.29) is 5.54 Å². The van der Waals surface area contributed by atoms with E-state index in [9.17, 15) is 4.39 Å². The van der Waals surface area contributed by atoms with Gasteiger partial charge in [0.25, 0.3) is 0 Å². The topological polar surface area (TPSA) is 51.8 Å². The zero-order valence-electron chi connectivity index (χ0n) is 6.63. The van der Waals surface area contributed by atoms with Crippen LogP contribution >= 0.6 is 0 Å². The molecule has 0 atom stereocenters. The maximum Gasteiger partial charge on any atom is 0.159 e. The Kier molecular flexibility index (Phi) is 1.58. The molecule has 0 aromatic carbocycles. The first-order chi connectivity index (χ1) is 5.71. The third-order valence-electron chi connectivity index (χ3n) is 2.31. The monoisotopic (exact) mass is 167 g/mol. The molecule has 2 rings (SSSR count). The van der Waals surface area contributed by atoms with Gasteiger partial charge >= 0.3 is 0 Å². The molecule has 0 saturated heterocycles. The van der Waals surface area contributed by atoms with Crippen molar-refractivity contribution in [3.63, 3.8) is 0 Å². The molecular weight excluding hydrogens is 157 g/mol. The number of hydrogen-bond donors (Lipinski definition) is 1. The van der Waals surface area contributed by atoms with E-state index in [1.54, 1.807) is 0 Å². The molecule has 0 radical (unpaired) electrons. The van der Waals surface area contributed by atoms with Crippen molar-refractivity contribution in [2.45, 2.75) is 24.8 Å². The lowest BCUT2D eigenvalue weighted by atomic mass is 9.77. The predicted molar refractivity (Wildman–Crippen MR) is 41.7 cm³/mol. The van der Waals surface area contributed by atoms with Gasteiger partial charge in [-0.15, -0.1) is 0 Å². The Bertz CT molecular complexity index is 279. The third kappa shape index (κ3) is 1.08. The largest absolute Gasteiger partial charge is 0.319 e. The van der Waals surface area contributed by atoms with E-state index in [0.717, 1.165) is 31.7 Å². The molecule has 1 aromatic rings. The summed E-state index contributed by atoms with van der Waals surface area (Å²) < 4.78 is 12.4. The molecule has 4 heteroatoms. The first kappa shape index (κ1) is 7.61. The summed E-state index contributed by atoms with van der Waals surface area (Å²) in [5, 5.41) is 0. The smallest absolute Gasteiger partial charge is 0.159 e. The van der Waals surface area contributed by atoms with Crippen molar-refractivity contribution in [2.75, 3.05) is 0 Å². The number of nitrogens with zero attached hydrogens (tertiary/aromatic N) is 2. The lowest BCUT2D eigenvalue weighted by molar-refractivity contribution is 0.237. The number of nitrogens with two attached hydrogens (primary N) is 1. The zero-order valence-corrected chi connectivity index (χ0v) is 6.63. The summed E-state index contributed by atoms with van der Waals surface area (Å²) in [6, 6.07) is 0. The third-order valence-corrected chi connectivity index (χ3v) is 2.31. The van der Waals surface area contributed by atoms with Crippen molar-refractivity contribution in [1.82, 2.24) is 9.97 Å². The Hall–Kier alpha value is -1.03. The molecule has 1 fully saturated rings. The van der Waals surface area contributed by atoms with E-state index >= 15 is 0 Å². The summed E-state index contributed by atoms with van der Waals surface area (Å²) in [5.41, 5.74) is 5.55. The second-order valence-corrected chi connectivity index (χ2v) is 3.23. The van der Waals surface area contributed by atoms with Crippen LogP contribution in [0.15, 0.2) is 12.4 Å². The lowest BCUT2D eigenvalue weighted by Gasteiger charge is -2.36. The number of aromatic nitrogens is 2. The molecule has 0 amide bonds. The summed E-state index contributed by atoms with van der Waals surface area (Å²) in [6.07, 6.45) is 5.24. The van der Waals surface area contributed by atoms with Gasteiger partial charge < -0.3 is 5.73 Å². The minimum absolute atomic E-state index is 0.381. The standard InChI is InChI=1S/C8H10FN3/c9-6-4-11-7(12-5-6)8(10)2-1-3-8/h4-5H,1-3,10H2. The van der Waals surface area contributed by atoms with E-state index in [0.29, 0.717) is 5.82 Å². The molecule has 0 spiro atoms. The van der Waals surface area contributed by atoms with Crippen LogP contribution in [0, 0.1) is 5.82 Å². The molecule has 1 aliphatic carbocycles. The summed E-state index contributed by atoms with van der Waals surface area (Å²) in [4.78, 5) is 7.72. The van der Waals surface area contributed by atoms with E-state index in [2.05, 4.69) is 9.97 Å². The van der Waals surface area contributed by atoms with Gasteiger partial charge in [0.1, 0.15) is 5.82 Å². The Morgan fingerprint density at radius 2 is 1.92 bits per heavy atom. The Balaban J connectivity index is 2.28.